The highest BCUT2D eigenvalue weighted by Gasteiger charge is 2.42. The number of benzene rings is 3. The van der Waals surface area contributed by atoms with Gasteiger partial charge in [0.25, 0.3) is 5.91 Å². The maximum Gasteiger partial charge on any atom is 0.407 e. The van der Waals surface area contributed by atoms with Crippen LogP contribution in [0.4, 0.5) is 16.2 Å². The maximum atomic E-state index is 14.0. The van der Waals surface area contributed by atoms with E-state index in [1.54, 1.807) is 4.90 Å². The third-order valence-electron chi connectivity index (χ3n) is 10.5. The number of anilines is 2. The Hall–Kier alpha value is -4.19. The lowest BCUT2D eigenvalue weighted by Gasteiger charge is -2.29. The molecule has 58 heavy (non-hydrogen) atoms. The molecule has 1 aromatic heterocycles. The lowest BCUT2D eigenvalue weighted by atomic mass is 10.0. The van der Waals surface area contributed by atoms with E-state index in [1.807, 2.05) is 86.6 Å². The second kappa shape index (κ2) is 21.7. The van der Waals surface area contributed by atoms with Crippen LogP contribution in [0.3, 0.4) is 0 Å². The number of aromatic nitrogens is 2. The minimum Gasteiger partial charge on any atom is -0.453 e. The van der Waals surface area contributed by atoms with E-state index >= 15 is 0 Å². The fourth-order valence-electron chi connectivity index (χ4n) is 7.38. The summed E-state index contributed by atoms with van der Waals surface area (Å²) in [6, 6.07) is 22.5. The van der Waals surface area contributed by atoms with Crippen LogP contribution in [0, 0.1) is 5.92 Å². The van der Waals surface area contributed by atoms with E-state index in [4.69, 9.17) is 23.9 Å². The van der Waals surface area contributed by atoms with Crippen LogP contribution < -0.4 is 15.5 Å². The Morgan fingerprint density at radius 1 is 0.828 bits per heavy atom. The van der Waals surface area contributed by atoms with Crippen molar-refractivity contribution in [3.63, 3.8) is 0 Å². The number of carbonyl (C=O) groups excluding carboxylic acids is 3. The zero-order valence-corrected chi connectivity index (χ0v) is 36.2. The molecule has 3 aromatic carbocycles. The second-order valence-corrected chi connectivity index (χ2v) is 14.6. The van der Waals surface area contributed by atoms with Crippen molar-refractivity contribution in [2.45, 2.75) is 57.9 Å². The van der Waals surface area contributed by atoms with E-state index < -0.39 is 12.1 Å². The van der Waals surface area contributed by atoms with Crippen LogP contribution in [-0.4, -0.2) is 98.1 Å². The van der Waals surface area contributed by atoms with Gasteiger partial charge in [0, 0.05) is 61.8 Å². The van der Waals surface area contributed by atoms with Crippen LogP contribution in [0.15, 0.2) is 72.8 Å². The van der Waals surface area contributed by atoms with Crippen molar-refractivity contribution in [1.29, 1.82) is 0 Å². The van der Waals surface area contributed by atoms with E-state index in [0.29, 0.717) is 44.2 Å². The van der Waals surface area contributed by atoms with E-state index in [2.05, 4.69) is 20.5 Å². The topological polar surface area (TPSA) is 147 Å². The van der Waals surface area contributed by atoms with Crippen molar-refractivity contribution in [1.82, 2.24) is 20.2 Å². The van der Waals surface area contributed by atoms with Crippen molar-refractivity contribution in [2.24, 2.45) is 5.92 Å². The molecule has 0 unspecified atom stereocenters. The average Bonchev–Trinajstić information content (AvgIpc) is 3.84. The molecule has 2 fully saturated rings. The first-order valence-corrected chi connectivity index (χ1v) is 19.2. The van der Waals surface area contributed by atoms with Crippen molar-refractivity contribution in [2.75, 3.05) is 63.4 Å². The number of alkyl carbamates (subject to hydrolysis) is 1. The Bertz CT molecular complexity index is 1940. The molecular weight excluding hydrogens is 797 g/mol. The Labute approximate surface area is 361 Å². The molecule has 3 atom stereocenters. The monoisotopic (exact) mass is 852 g/mol. The molecule has 0 radical (unpaired) electrons. The maximum absolute atomic E-state index is 14.0. The number of methoxy groups -OCH3 is 1. The molecule has 3 N–H and O–H groups in total. The van der Waals surface area contributed by atoms with Gasteiger partial charge in [-0.1, -0.05) is 50.2 Å². The quantitative estimate of drug-likeness (QED) is 0.180. The van der Waals surface area contributed by atoms with Crippen molar-refractivity contribution in [3.8, 4) is 22.4 Å². The molecule has 4 heterocycles. The van der Waals surface area contributed by atoms with E-state index in [9.17, 15) is 14.4 Å². The lowest BCUT2D eigenvalue weighted by molar-refractivity contribution is -0.136. The molecular formula is C42H56N6O7S3. The third-order valence-corrected chi connectivity index (χ3v) is 10.5. The summed E-state index contributed by atoms with van der Waals surface area (Å²) in [6.07, 6.45) is 1.47. The molecule has 13 nitrogen and oxygen atoms in total. The molecule has 16 heteroatoms. The van der Waals surface area contributed by atoms with E-state index in [1.165, 1.54) is 7.11 Å². The smallest absolute Gasteiger partial charge is 0.407 e. The first kappa shape index (κ1) is 46.5. The number of amides is 3. The van der Waals surface area contributed by atoms with Gasteiger partial charge in [-0.3, -0.25) is 9.59 Å². The number of likely N-dealkylation sites (tertiary alicyclic amines) is 1. The highest BCUT2D eigenvalue weighted by atomic mass is 32.1. The number of morpholine rings is 1. The summed E-state index contributed by atoms with van der Waals surface area (Å²) in [4.78, 5) is 51.9. The number of ether oxygens (including phenoxy) is 4. The van der Waals surface area contributed by atoms with Gasteiger partial charge in [-0.15, -0.1) is 0 Å². The lowest BCUT2D eigenvalue weighted by Crippen LogP contribution is -2.51. The van der Waals surface area contributed by atoms with Crippen LogP contribution in [0.2, 0.25) is 0 Å². The van der Waals surface area contributed by atoms with Gasteiger partial charge >= 0.3 is 6.09 Å². The number of H-pyrrole nitrogens is 1. The number of hydrogen-bond acceptors (Lipinski definition) is 9. The van der Waals surface area contributed by atoms with Gasteiger partial charge in [-0.2, -0.15) is 40.5 Å². The summed E-state index contributed by atoms with van der Waals surface area (Å²) in [5.74, 6) is 0.116. The minimum absolute atomic E-state index is 0. The normalized spacial score (nSPS) is 18.5. The molecule has 314 valence electrons. The summed E-state index contributed by atoms with van der Waals surface area (Å²) >= 11 is 0. The molecule has 4 bridgehead atoms. The van der Waals surface area contributed by atoms with E-state index in [0.717, 1.165) is 78.6 Å². The Morgan fingerprint density at radius 2 is 1.47 bits per heavy atom. The van der Waals surface area contributed by atoms with Crippen molar-refractivity contribution in [3.05, 3.63) is 89.9 Å². The highest BCUT2D eigenvalue weighted by Crippen LogP contribution is 2.36. The molecule has 3 aliphatic heterocycles. The summed E-state index contributed by atoms with van der Waals surface area (Å²) < 4.78 is 22.6. The molecule has 3 aliphatic rings. The van der Waals surface area contributed by atoms with E-state index in [-0.39, 0.29) is 70.4 Å². The van der Waals surface area contributed by atoms with Gasteiger partial charge in [-0.05, 0) is 66.3 Å². The summed E-state index contributed by atoms with van der Waals surface area (Å²) in [5, 5.41) is 5.73. The average molecular weight is 853 g/mol. The first-order valence-electron chi connectivity index (χ1n) is 19.2. The number of fused-ring (bicyclic) bond motifs is 5. The van der Waals surface area contributed by atoms with Crippen molar-refractivity contribution < 1.29 is 33.3 Å². The van der Waals surface area contributed by atoms with Gasteiger partial charge in [-0.25, -0.2) is 9.78 Å². The summed E-state index contributed by atoms with van der Waals surface area (Å²) in [7, 11) is 1.29. The third kappa shape index (κ3) is 11.1. The standard InChI is InChI=1S/C42H50N6O7.3H2S/c1-27(2)37(46-42(51)52-3)41(50)48-25-34-24-36(48)39-44-35(26-54-20-4-5-21-55-34)38(45-39)30-10-6-28(7-11-30)29-8-12-31(13-9-29)40(49)43-32-14-16-33(17-15-32)47-18-22-53-23-19-47;;;/h6-17,27,34,36-37H,4-5,18-26H2,1-3H3,(H,43,49)(H,44,45)(H,46,51);3*1H2/t34-,36-,37-;;;/m0.../s1. The largest absolute Gasteiger partial charge is 0.453 e. The summed E-state index contributed by atoms with van der Waals surface area (Å²) in [6.45, 7) is 8.87. The highest BCUT2D eigenvalue weighted by molar-refractivity contribution is 7.59. The van der Waals surface area contributed by atoms with Gasteiger partial charge in [0.15, 0.2) is 0 Å². The van der Waals surface area contributed by atoms with Crippen LogP contribution in [0.25, 0.3) is 22.4 Å². The van der Waals surface area contributed by atoms with Crippen LogP contribution in [0.5, 0.6) is 0 Å². The molecule has 0 aliphatic carbocycles. The van der Waals surface area contributed by atoms with Crippen LogP contribution in [-0.2, 0) is 30.3 Å². The zero-order chi connectivity index (χ0) is 38.3. The molecule has 4 aromatic rings. The fourth-order valence-corrected chi connectivity index (χ4v) is 7.38. The number of nitrogens with zero attached hydrogens (tertiary/aromatic N) is 3. The number of rotatable bonds is 8. The number of imidazole rings is 1. The molecule has 0 saturated carbocycles. The second-order valence-electron chi connectivity index (χ2n) is 14.6. The van der Waals surface area contributed by atoms with Crippen LogP contribution >= 0.6 is 40.5 Å². The number of aromatic amines is 1. The Balaban J connectivity index is 0.00000248. The number of hydrogen-bond donors (Lipinski definition) is 3. The van der Waals surface area contributed by atoms with Crippen LogP contribution in [0.1, 0.15) is 61.0 Å². The molecule has 3 amide bonds. The zero-order valence-electron chi connectivity index (χ0n) is 33.2. The predicted molar refractivity (Wildman–Crippen MR) is 240 cm³/mol. The SMILES string of the molecule is COC(=O)N[C@H](C(=O)N1C[C@@H]2C[C@H]1c1nc(-c3ccc(-c4ccc(C(=O)Nc5ccc(N6CCOCC6)cc5)cc4)cc3)c([nH]1)COCCCCO2)C(C)C.S.S.S. The predicted octanol–water partition coefficient (Wildman–Crippen LogP) is 6.52. The van der Waals surface area contributed by atoms with Gasteiger partial charge in [0.2, 0.25) is 5.91 Å². The van der Waals surface area contributed by atoms with Gasteiger partial charge in [0.05, 0.1) is 50.5 Å². The van der Waals surface area contributed by atoms with Gasteiger partial charge < -0.3 is 44.4 Å². The molecule has 7 rings (SSSR count). The number of nitrogens with one attached hydrogen (secondary N) is 3. The molecule has 2 saturated heterocycles. The molecule has 0 spiro atoms. The Kier molecular flexibility index (Phi) is 17.4. The number of carbonyl (C=O) groups is 3. The Morgan fingerprint density at radius 3 is 2.12 bits per heavy atom. The van der Waals surface area contributed by atoms with Gasteiger partial charge in [0.1, 0.15) is 11.9 Å². The van der Waals surface area contributed by atoms with Crippen molar-refractivity contribution >= 4 is 69.8 Å². The minimum atomic E-state index is -0.765. The first-order chi connectivity index (χ1) is 26.8. The fraction of sp³-hybridized carbons (Fsp3) is 0.429. The summed E-state index contributed by atoms with van der Waals surface area (Å²) in [5.41, 5.74) is 6.90.